The first-order valence-corrected chi connectivity index (χ1v) is 10.4. The van der Waals surface area contributed by atoms with Gasteiger partial charge in [0.05, 0.1) is 12.9 Å². The number of hydrogen-bond acceptors (Lipinski definition) is 8. The second-order valence-corrected chi connectivity index (χ2v) is 7.26. The van der Waals surface area contributed by atoms with Gasteiger partial charge in [0.2, 0.25) is 0 Å². The molecule has 0 fully saturated rings. The molecule has 1 amide bonds. The average molecular weight is 456 g/mol. The Morgan fingerprint density at radius 3 is 2.67 bits per heavy atom. The van der Waals surface area contributed by atoms with E-state index in [0.29, 0.717) is 5.56 Å². The standard InChI is InChI=1S/C17H19ClN5O6P/c1-28-11(7-24)13(29-30(26)27)14(18)23-9-21-12-15(19-8-20-16(12)23)22-17(25)10-5-3-2-4-6-10/h2-6,8-9,11,13-14,24,30H,7H2,1H3,(H,26,27)(H,19,20,22,25)/t11-,13-,14+/m1/s1. The molecule has 1 aromatic carbocycles. The number of benzene rings is 1. The number of hydrogen-bond donors (Lipinski definition) is 3. The molecule has 2 heterocycles. The van der Waals surface area contributed by atoms with E-state index in [1.165, 1.54) is 24.3 Å². The van der Waals surface area contributed by atoms with Crippen LogP contribution in [-0.2, 0) is 13.8 Å². The van der Waals surface area contributed by atoms with Crippen LogP contribution in [0.2, 0.25) is 0 Å². The van der Waals surface area contributed by atoms with Crippen molar-refractivity contribution in [3.63, 3.8) is 0 Å². The summed E-state index contributed by atoms with van der Waals surface area (Å²) in [5.74, 6) is -0.220. The van der Waals surface area contributed by atoms with Crippen molar-refractivity contribution in [1.29, 1.82) is 0 Å². The van der Waals surface area contributed by atoms with E-state index in [1.54, 1.807) is 30.3 Å². The van der Waals surface area contributed by atoms with Crippen LogP contribution in [0.15, 0.2) is 43.0 Å². The summed E-state index contributed by atoms with van der Waals surface area (Å²) < 4.78 is 22.7. The van der Waals surface area contributed by atoms with Crippen molar-refractivity contribution >= 4 is 42.7 Å². The summed E-state index contributed by atoms with van der Waals surface area (Å²) in [6.45, 7) is -0.500. The van der Waals surface area contributed by atoms with Gasteiger partial charge in [0.15, 0.2) is 17.0 Å². The van der Waals surface area contributed by atoms with Crippen LogP contribution in [0.25, 0.3) is 11.2 Å². The Kier molecular flexibility index (Phi) is 7.48. The molecule has 3 rings (SSSR count). The first-order valence-electron chi connectivity index (χ1n) is 8.67. The molecule has 0 aliphatic carbocycles. The molecular weight excluding hydrogens is 437 g/mol. The number of halogens is 1. The fourth-order valence-electron chi connectivity index (χ4n) is 2.79. The predicted molar refractivity (Wildman–Crippen MR) is 109 cm³/mol. The first-order chi connectivity index (χ1) is 14.5. The molecule has 4 atom stereocenters. The summed E-state index contributed by atoms with van der Waals surface area (Å²) in [4.78, 5) is 34.1. The van der Waals surface area contributed by atoms with E-state index >= 15 is 0 Å². The van der Waals surface area contributed by atoms with Crippen molar-refractivity contribution in [2.45, 2.75) is 17.7 Å². The Hall–Kier alpha value is -2.40. The van der Waals surface area contributed by atoms with E-state index in [4.69, 9.17) is 20.9 Å². The summed E-state index contributed by atoms with van der Waals surface area (Å²) in [5, 5.41) is 12.2. The van der Waals surface area contributed by atoms with Crippen LogP contribution in [0, 0.1) is 0 Å². The lowest BCUT2D eigenvalue weighted by Gasteiger charge is -2.28. The van der Waals surface area contributed by atoms with Gasteiger partial charge in [0.1, 0.15) is 24.0 Å². The zero-order chi connectivity index (χ0) is 21.7. The number of ether oxygens (including phenoxy) is 1. The van der Waals surface area contributed by atoms with Gasteiger partial charge in [-0.15, -0.1) is 0 Å². The number of aliphatic hydroxyl groups excluding tert-OH is 1. The second kappa shape index (κ2) is 10.1. The Balaban J connectivity index is 1.93. The Labute approximate surface area is 176 Å². The molecule has 0 aliphatic rings. The van der Waals surface area contributed by atoms with Gasteiger partial charge in [-0.2, -0.15) is 0 Å². The van der Waals surface area contributed by atoms with Crippen molar-refractivity contribution in [2.75, 3.05) is 19.0 Å². The van der Waals surface area contributed by atoms with Crippen LogP contribution in [0.4, 0.5) is 5.82 Å². The maximum absolute atomic E-state index is 12.4. The molecule has 30 heavy (non-hydrogen) atoms. The molecule has 3 N–H and O–H groups in total. The lowest BCUT2D eigenvalue weighted by Crippen LogP contribution is -2.37. The molecule has 0 radical (unpaired) electrons. The number of anilines is 1. The van der Waals surface area contributed by atoms with E-state index in [0.717, 1.165) is 0 Å². The first kappa shape index (κ1) is 22.3. The van der Waals surface area contributed by atoms with Gasteiger partial charge in [-0.1, -0.05) is 29.8 Å². The molecule has 0 saturated carbocycles. The average Bonchev–Trinajstić information content (AvgIpc) is 3.19. The molecule has 1 unspecified atom stereocenters. The van der Waals surface area contributed by atoms with Crippen LogP contribution in [0.5, 0.6) is 0 Å². The minimum absolute atomic E-state index is 0.162. The lowest BCUT2D eigenvalue weighted by atomic mass is 10.2. The van der Waals surface area contributed by atoms with E-state index in [2.05, 4.69) is 20.3 Å². The smallest absolute Gasteiger partial charge is 0.317 e. The van der Waals surface area contributed by atoms with Gasteiger partial charge in [-0.25, -0.2) is 15.0 Å². The van der Waals surface area contributed by atoms with Crippen molar-refractivity contribution < 1.29 is 28.6 Å². The number of aliphatic hydroxyl groups is 1. The number of imidazole rings is 1. The van der Waals surface area contributed by atoms with Crippen LogP contribution >= 0.6 is 19.9 Å². The van der Waals surface area contributed by atoms with E-state index in [1.807, 2.05) is 0 Å². The van der Waals surface area contributed by atoms with Gasteiger partial charge in [0.25, 0.3) is 5.91 Å². The van der Waals surface area contributed by atoms with Crippen molar-refractivity contribution in [3.8, 4) is 0 Å². The molecule has 0 spiro atoms. The third kappa shape index (κ3) is 4.84. The number of fused-ring (bicyclic) bond motifs is 1. The molecule has 3 aromatic rings. The molecule has 0 bridgehead atoms. The molecule has 160 valence electrons. The number of nitrogens with zero attached hydrogens (tertiary/aromatic N) is 4. The topological polar surface area (TPSA) is 149 Å². The van der Waals surface area contributed by atoms with Crippen LogP contribution < -0.4 is 5.32 Å². The normalized spacial score (nSPS) is 15.5. The number of alkyl halides is 1. The van der Waals surface area contributed by atoms with E-state index < -0.39 is 32.6 Å². The van der Waals surface area contributed by atoms with Crippen LogP contribution in [-0.4, -0.2) is 61.4 Å². The second-order valence-electron chi connectivity index (χ2n) is 6.04. The number of aromatic nitrogens is 4. The molecule has 0 saturated heterocycles. The highest BCUT2D eigenvalue weighted by Crippen LogP contribution is 2.33. The summed E-state index contributed by atoms with van der Waals surface area (Å²) >= 11 is 6.47. The monoisotopic (exact) mass is 455 g/mol. The van der Waals surface area contributed by atoms with Crippen LogP contribution in [0.3, 0.4) is 0 Å². The molecule has 11 nitrogen and oxygen atoms in total. The number of carbonyl (C=O) groups is 1. The van der Waals surface area contributed by atoms with Crippen molar-refractivity contribution in [2.24, 2.45) is 0 Å². The SMILES string of the molecule is CO[C@H](CO)[C@@H](O[PH](=O)O)[C@@H](Cl)n1cnc2c(NC(=O)c3ccccc3)ncnc21. The Morgan fingerprint density at radius 1 is 1.30 bits per heavy atom. The van der Waals surface area contributed by atoms with Gasteiger partial charge in [-0.05, 0) is 12.1 Å². The van der Waals surface area contributed by atoms with Gasteiger partial charge >= 0.3 is 8.25 Å². The van der Waals surface area contributed by atoms with E-state index in [9.17, 15) is 19.4 Å². The number of methoxy groups -OCH3 is 1. The molecular formula is C17H19ClN5O6P. The highest BCUT2D eigenvalue weighted by molar-refractivity contribution is 7.32. The highest BCUT2D eigenvalue weighted by atomic mass is 35.5. The largest absolute Gasteiger partial charge is 0.394 e. The summed E-state index contributed by atoms with van der Waals surface area (Å²) in [5.41, 5.74) is -0.180. The number of amides is 1. The third-order valence-electron chi connectivity index (χ3n) is 4.25. The minimum atomic E-state index is -3.39. The van der Waals surface area contributed by atoms with Gasteiger partial charge in [-0.3, -0.25) is 13.9 Å². The predicted octanol–water partition coefficient (Wildman–Crippen LogP) is 1.59. The number of nitrogens with one attached hydrogen (secondary N) is 1. The molecule has 0 aliphatic heterocycles. The summed E-state index contributed by atoms with van der Waals surface area (Å²) in [7, 11) is -2.08. The number of carbonyl (C=O) groups excluding carboxylic acids is 1. The van der Waals surface area contributed by atoms with Crippen molar-refractivity contribution in [1.82, 2.24) is 19.5 Å². The third-order valence-corrected chi connectivity index (χ3v) is 5.18. The fraction of sp³-hybridized carbons (Fsp3) is 0.294. The van der Waals surface area contributed by atoms with Gasteiger partial charge in [0, 0.05) is 12.7 Å². The van der Waals surface area contributed by atoms with E-state index in [-0.39, 0.29) is 22.9 Å². The Bertz CT molecular complexity index is 1030. The highest BCUT2D eigenvalue weighted by Gasteiger charge is 2.33. The quantitative estimate of drug-likeness (QED) is 0.323. The minimum Gasteiger partial charge on any atom is -0.394 e. The maximum atomic E-state index is 12.4. The summed E-state index contributed by atoms with van der Waals surface area (Å²) in [6.07, 6.45) is 0.373. The number of rotatable bonds is 9. The lowest BCUT2D eigenvalue weighted by molar-refractivity contribution is -0.0385. The fourth-order valence-corrected chi connectivity index (χ4v) is 3.75. The maximum Gasteiger partial charge on any atom is 0.317 e. The Morgan fingerprint density at radius 2 is 2.03 bits per heavy atom. The van der Waals surface area contributed by atoms with Crippen LogP contribution in [0.1, 0.15) is 15.9 Å². The molecule has 13 heteroatoms. The zero-order valence-electron chi connectivity index (χ0n) is 15.7. The zero-order valence-corrected chi connectivity index (χ0v) is 17.4. The summed E-state index contributed by atoms with van der Waals surface area (Å²) in [6, 6.07) is 8.57. The van der Waals surface area contributed by atoms with Gasteiger partial charge < -0.3 is 24.6 Å². The van der Waals surface area contributed by atoms with Crippen molar-refractivity contribution in [3.05, 3.63) is 48.5 Å². The molecule has 2 aromatic heterocycles.